The molecule has 21 heavy (non-hydrogen) atoms. The maximum atomic E-state index is 12.2. The lowest BCUT2D eigenvalue weighted by molar-refractivity contribution is -0.143. The first-order valence-electron chi connectivity index (χ1n) is 7.95. The highest BCUT2D eigenvalue weighted by molar-refractivity contribution is 5.78. The van der Waals surface area contributed by atoms with Crippen LogP contribution in [0.2, 0.25) is 0 Å². The maximum absolute atomic E-state index is 12.2. The third-order valence-corrected chi connectivity index (χ3v) is 3.72. The molecule has 1 saturated carbocycles. The minimum atomic E-state index is -0.852. The lowest BCUT2D eigenvalue weighted by Gasteiger charge is -2.25. The highest BCUT2D eigenvalue weighted by atomic mass is 16.5. The van der Waals surface area contributed by atoms with Gasteiger partial charge in [0.15, 0.2) is 0 Å². The van der Waals surface area contributed by atoms with Crippen LogP contribution in [0.4, 0.5) is 0 Å². The summed E-state index contributed by atoms with van der Waals surface area (Å²) in [5.74, 6) is -0.775. The molecule has 122 valence electrons. The number of nitrogens with zero attached hydrogens (tertiary/aromatic N) is 1. The van der Waals surface area contributed by atoms with E-state index in [2.05, 4.69) is 13.8 Å². The Balaban J connectivity index is 2.35. The van der Waals surface area contributed by atoms with Gasteiger partial charge in [0.1, 0.15) is 0 Å². The molecular formula is C16H29NO4. The fourth-order valence-corrected chi connectivity index (χ4v) is 2.44. The number of amides is 1. The Morgan fingerprint density at radius 3 is 2.33 bits per heavy atom. The van der Waals surface area contributed by atoms with Gasteiger partial charge in [0.25, 0.3) is 0 Å². The van der Waals surface area contributed by atoms with Gasteiger partial charge >= 0.3 is 5.97 Å². The Hall–Kier alpha value is -1.10. The van der Waals surface area contributed by atoms with Gasteiger partial charge in [-0.25, -0.2) is 0 Å². The van der Waals surface area contributed by atoms with Crippen molar-refractivity contribution in [1.82, 2.24) is 4.90 Å². The van der Waals surface area contributed by atoms with Gasteiger partial charge in [-0.15, -0.1) is 0 Å². The molecule has 0 heterocycles. The van der Waals surface area contributed by atoms with E-state index in [-0.39, 0.29) is 18.1 Å². The molecule has 1 rings (SSSR count). The van der Waals surface area contributed by atoms with E-state index in [0.717, 1.165) is 19.3 Å². The van der Waals surface area contributed by atoms with Crippen molar-refractivity contribution in [3.8, 4) is 0 Å². The first-order valence-corrected chi connectivity index (χ1v) is 7.95. The summed E-state index contributed by atoms with van der Waals surface area (Å²) in [7, 11) is 0. The summed E-state index contributed by atoms with van der Waals surface area (Å²) < 4.78 is 5.66. The monoisotopic (exact) mass is 299 g/mol. The molecule has 0 saturated heterocycles. The van der Waals surface area contributed by atoms with Crippen LogP contribution >= 0.6 is 0 Å². The molecule has 1 aliphatic carbocycles. The quantitative estimate of drug-likeness (QED) is 0.673. The van der Waals surface area contributed by atoms with Crippen molar-refractivity contribution >= 4 is 11.9 Å². The van der Waals surface area contributed by atoms with E-state index in [1.165, 1.54) is 0 Å². The molecule has 0 aromatic rings. The zero-order chi connectivity index (χ0) is 16.0. The van der Waals surface area contributed by atoms with Gasteiger partial charge in [-0.05, 0) is 32.1 Å². The molecule has 2 unspecified atom stereocenters. The van der Waals surface area contributed by atoms with Crippen LogP contribution < -0.4 is 0 Å². The lowest BCUT2D eigenvalue weighted by Crippen LogP contribution is -2.39. The molecule has 0 spiro atoms. The number of ether oxygens (including phenoxy) is 1. The Morgan fingerprint density at radius 1 is 1.24 bits per heavy atom. The zero-order valence-electron chi connectivity index (χ0n) is 13.7. The van der Waals surface area contributed by atoms with E-state index >= 15 is 0 Å². The third kappa shape index (κ3) is 6.93. The Bertz CT molecular complexity index is 352. The molecule has 5 heteroatoms. The van der Waals surface area contributed by atoms with Crippen molar-refractivity contribution < 1.29 is 19.4 Å². The molecule has 0 aromatic heterocycles. The molecule has 0 radical (unpaired) electrons. The SMILES string of the molecule is CC(C)CC(C)OCCC(=O)N(CC(C)C(=O)O)C1CC1. The minimum Gasteiger partial charge on any atom is -0.481 e. The van der Waals surface area contributed by atoms with Gasteiger partial charge in [-0.3, -0.25) is 9.59 Å². The summed E-state index contributed by atoms with van der Waals surface area (Å²) in [6, 6.07) is 0.243. The van der Waals surface area contributed by atoms with Crippen molar-refractivity contribution in [2.24, 2.45) is 11.8 Å². The van der Waals surface area contributed by atoms with Crippen LogP contribution in [0.25, 0.3) is 0 Å². The van der Waals surface area contributed by atoms with Crippen LogP contribution in [-0.4, -0.2) is 47.2 Å². The van der Waals surface area contributed by atoms with Crippen LogP contribution in [0.3, 0.4) is 0 Å². The Labute approximate surface area is 127 Å². The second-order valence-electron chi connectivity index (χ2n) is 6.58. The van der Waals surface area contributed by atoms with Crippen molar-refractivity contribution in [3.05, 3.63) is 0 Å². The molecule has 1 amide bonds. The minimum absolute atomic E-state index is 0.0161. The molecule has 1 aliphatic rings. The van der Waals surface area contributed by atoms with E-state index in [9.17, 15) is 9.59 Å². The Kier molecular flexibility index (Phi) is 7.15. The van der Waals surface area contributed by atoms with E-state index in [4.69, 9.17) is 9.84 Å². The molecular weight excluding hydrogens is 270 g/mol. The van der Waals surface area contributed by atoms with Gasteiger partial charge < -0.3 is 14.7 Å². The van der Waals surface area contributed by atoms with Gasteiger partial charge in [0, 0.05) is 12.6 Å². The molecule has 0 aromatic carbocycles. The number of carbonyl (C=O) groups excluding carboxylic acids is 1. The van der Waals surface area contributed by atoms with Crippen LogP contribution in [0, 0.1) is 11.8 Å². The summed E-state index contributed by atoms with van der Waals surface area (Å²) >= 11 is 0. The third-order valence-electron chi connectivity index (χ3n) is 3.72. The number of hydrogen-bond donors (Lipinski definition) is 1. The number of carboxylic acids is 1. The zero-order valence-corrected chi connectivity index (χ0v) is 13.7. The van der Waals surface area contributed by atoms with E-state index in [0.29, 0.717) is 25.5 Å². The number of carbonyl (C=O) groups is 2. The lowest BCUT2D eigenvalue weighted by atomic mass is 10.1. The molecule has 1 fully saturated rings. The van der Waals surface area contributed by atoms with Crippen molar-refractivity contribution in [2.45, 2.75) is 65.5 Å². The molecule has 1 N–H and O–H groups in total. The number of carboxylic acid groups (broad SMARTS) is 1. The average Bonchev–Trinajstić information content (AvgIpc) is 3.18. The molecule has 2 atom stereocenters. The van der Waals surface area contributed by atoms with Crippen LogP contribution in [0.1, 0.15) is 53.4 Å². The van der Waals surface area contributed by atoms with Crippen LogP contribution in [0.15, 0.2) is 0 Å². The van der Waals surface area contributed by atoms with Crippen molar-refractivity contribution in [1.29, 1.82) is 0 Å². The highest BCUT2D eigenvalue weighted by Gasteiger charge is 2.34. The van der Waals surface area contributed by atoms with Gasteiger partial charge in [0.05, 0.1) is 25.0 Å². The second kappa shape index (κ2) is 8.37. The number of hydrogen-bond acceptors (Lipinski definition) is 3. The molecule has 0 aliphatic heterocycles. The summed E-state index contributed by atoms with van der Waals surface area (Å²) in [5.41, 5.74) is 0. The second-order valence-corrected chi connectivity index (χ2v) is 6.58. The molecule has 5 nitrogen and oxygen atoms in total. The van der Waals surface area contributed by atoms with Crippen molar-refractivity contribution in [3.63, 3.8) is 0 Å². The topological polar surface area (TPSA) is 66.8 Å². The van der Waals surface area contributed by atoms with Gasteiger partial charge in [-0.2, -0.15) is 0 Å². The first-order chi connectivity index (χ1) is 9.81. The van der Waals surface area contributed by atoms with E-state index < -0.39 is 11.9 Å². The number of aliphatic carboxylic acids is 1. The van der Waals surface area contributed by atoms with Crippen molar-refractivity contribution in [2.75, 3.05) is 13.2 Å². The summed E-state index contributed by atoms with van der Waals surface area (Å²) in [6.07, 6.45) is 3.46. The Morgan fingerprint density at radius 2 is 1.86 bits per heavy atom. The summed E-state index contributed by atoms with van der Waals surface area (Å²) in [5, 5.41) is 8.98. The number of rotatable bonds is 10. The fourth-order valence-electron chi connectivity index (χ4n) is 2.44. The summed E-state index contributed by atoms with van der Waals surface area (Å²) in [6.45, 7) is 8.68. The van der Waals surface area contributed by atoms with Crippen LogP contribution in [0.5, 0.6) is 0 Å². The summed E-state index contributed by atoms with van der Waals surface area (Å²) in [4.78, 5) is 24.9. The average molecular weight is 299 g/mol. The van der Waals surface area contributed by atoms with Gasteiger partial charge in [-0.1, -0.05) is 20.8 Å². The maximum Gasteiger partial charge on any atom is 0.308 e. The normalized spacial score (nSPS) is 17.6. The predicted molar refractivity (Wildman–Crippen MR) is 81.0 cm³/mol. The van der Waals surface area contributed by atoms with E-state index in [1.807, 2.05) is 6.92 Å². The fraction of sp³-hybridized carbons (Fsp3) is 0.875. The molecule has 0 bridgehead atoms. The van der Waals surface area contributed by atoms with Gasteiger partial charge in [0.2, 0.25) is 5.91 Å². The standard InChI is InChI=1S/C16H29NO4/c1-11(2)9-13(4)21-8-7-15(18)17(14-5-6-14)10-12(3)16(19)20/h11-14H,5-10H2,1-4H3,(H,19,20). The van der Waals surface area contributed by atoms with E-state index in [1.54, 1.807) is 11.8 Å². The predicted octanol–water partition coefficient (Wildman–Crippen LogP) is 2.54. The van der Waals surface area contributed by atoms with Crippen LogP contribution in [-0.2, 0) is 14.3 Å². The largest absolute Gasteiger partial charge is 0.481 e. The first kappa shape index (κ1) is 18.0. The highest BCUT2D eigenvalue weighted by Crippen LogP contribution is 2.28. The smallest absolute Gasteiger partial charge is 0.308 e.